The number of carbonyl (C=O) groups is 2. The van der Waals surface area contributed by atoms with Crippen molar-refractivity contribution in [1.82, 2.24) is 14.8 Å². The van der Waals surface area contributed by atoms with Crippen LogP contribution in [0.1, 0.15) is 43.7 Å². The topological polar surface area (TPSA) is 86.9 Å². The molecule has 1 spiro atoms. The van der Waals surface area contributed by atoms with E-state index in [4.69, 9.17) is 4.42 Å². The molecule has 136 valence electrons. The van der Waals surface area contributed by atoms with Crippen molar-refractivity contribution in [3.63, 3.8) is 0 Å². The average molecular weight is 347 g/mol. The monoisotopic (exact) mass is 347 g/mol. The van der Waals surface area contributed by atoms with Gasteiger partial charge in [-0.25, -0.2) is 4.98 Å². The van der Waals surface area contributed by atoms with Crippen LogP contribution in [0.2, 0.25) is 0 Å². The number of oxazole rings is 1. The minimum atomic E-state index is -0.770. The number of nitrogens with zero attached hydrogens (tertiary/aromatic N) is 3. The van der Waals surface area contributed by atoms with Crippen LogP contribution in [0.15, 0.2) is 10.7 Å². The molecule has 2 aliphatic heterocycles. The number of aryl methyl sites for hydroxylation is 1. The molecule has 7 nitrogen and oxygen atoms in total. The lowest BCUT2D eigenvalue weighted by atomic mass is 9.76. The Morgan fingerprint density at radius 1 is 1.36 bits per heavy atom. The smallest absolute Gasteiger partial charge is 0.320 e. The fourth-order valence-electron chi connectivity index (χ4n) is 4.40. The number of likely N-dealkylation sites (tertiary alicyclic amines) is 2. The summed E-state index contributed by atoms with van der Waals surface area (Å²) in [6.07, 6.45) is 6.12. The van der Waals surface area contributed by atoms with Crippen LogP contribution in [0.5, 0.6) is 0 Å². The lowest BCUT2D eigenvalue weighted by molar-refractivity contribution is -0.142. The fourth-order valence-corrected chi connectivity index (χ4v) is 4.40. The first kappa shape index (κ1) is 16.6. The van der Waals surface area contributed by atoms with Crippen molar-refractivity contribution < 1.29 is 19.1 Å². The molecule has 1 amide bonds. The molecule has 0 aromatic carbocycles. The fraction of sp³-hybridized carbons (Fsp3) is 0.722. The lowest BCUT2D eigenvalue weighted by Crippen LogP contribution is -2.44. The second-order valence-electron chi connectivity index (χ2n) is 7.92. The molecule has 0 bridgehead atoms. The average Bonchev–Trinajstić information content (AvgIpc) is 3.27. The number of carbonyl (C=O) groups excluding carboxylic acids is 1. The maximum absolute atomic E-state index is 12.2. The summed E-state index contributed by atoms with van der Waals surface area (Å²) in [5.74, 6) is 0.394. The van der Waals surface area contributed by atoms with Crippen molar-refractivity contribution in [2.24, 2.45) is 11.3 Å². The molecule has 3 fully saturated rings. The van der Waals surface area contributed by atoms with Crippen LogP contribution in [-0.4, -0.2) is 57.4 Å². The molecule has 25 heavy (non-hydrogen) atoms. The molecule has 7 heteroatoms. The van der Waals surface area contributed by atoms with E-state index >= 15 is 0 Å². The summed E-state index contributed by atoms with van der Waals surface area (Å²) in [7, 11) is 0. The van der Waals surface area contributed by atoms with Gasteiger partial charge in [0, 0.05) is 39.0 Å². The van der Waals surface area contributed by atoms with E-state index in [1.54, 1.807) is 13.2 Å². The Labute approximate surface area is 147 Å². The molecule has 1 saturated carbocycles. The van der Waals surface area contributed by atoms with E-state index in [9.17, 15) is 14.7 Å². The zero-order valence-corrected chi connectivity index (χ0v) is 14.6. The molecule has 0 unspecified atom stereocenters. The molecule has 1 aliphatic carbocycles. The highest BCUT2D eigenvalue weighted by atomic mass is 16.4. The van der Waals surface area contributed by atoms with Gasteiger partial charge in [0.15, 0.2) is 5.89 Å². The Kier molecular flexibility index (Phi) is 4.06. The van der Waals surface area contributed by atoms with Gasteiger partial charge in [-0.15, -0.1) is 0 Å². The van der Waals surface area contributed by atoms with E-state index in [0.717, 1.165) is 51.0 Å². The molecule has 1 N–H and O–H groups in total. The molecule has 1 aromatic heterocycles. The number of carboxylic acids is 1. The quantitative estimate of drug-likeness (QED) is 0.891. The van der Waals surface area contributed by atoms with Crippen LogP contribution < -0.4 is 0 Å². The predicted molar refractivity (Wildman–Crippen MR) is 88.7 cm³/mol. The summed E-state index contributed by atoms with van der Waals surface area (Å²) in [5.41, 5.74) is 0.782. The summed E-state index contributed by atoms with van der Waals surface area (Å²) in [5, 5.41) is 9.65. The number of carboxylic acid groups (broad SMARTS) is 1. The number of piperidine rings is 1. The van der Waals surface area contributed by atoms with E-state index < -0.39 is 12.0 Å². The third kappa shape index (κ3) is 3.29. The van der Waals surface area contributed by atoms with Crippen LogP contribution in [-0.2, 0) is 16.1 Å². The minimum Gasteiger partial charge on any atom is -0.480 e. The maximum atomic E-state index is 12.2. The zero-order chi connectivity index (χ0) is 17.6. The normalized spacial score (nSPS) is 26.3. The highest BCUT2D eigenvalue weighted by Crippen LogP contribution is 2.44. The number of rotatable bonds is 4. The third-order valence-corrected chi connectivity index (χ3v) is 5.98. The standard InChI is InChI=1S/C18H25N3O4/c1-12-19-14(10-25-12)9-21-11-18(8-15(21)17(23)24)4-6-20(7-5-18)16(22)13-2-3-13/h10,13,15H,2-9,11H2,1H3,(H,23,24)/t15-/m1/s1. The highest BCUT2D eigenvalue weighted by molar-refractivity contribution is 5.81. The van der Waals surface area contributed by atoms with Gasteiger partial charge in [0.2, 0.25) is 5.91 Å². The maximum Gasteiger partial charge on any atom is 0.320 e. The Balaban J connectivity index is 1.42. The summed E-state index contributed by atoms with van der Waals surface area (Å²) in [6, 6.07) is -0.484. The lowest BCUT2D eigenvalue weighted by Gasteiger charge is -2.39. The van der Waals surface area contributed by atoms with E-state index in [1.807, 2.05) is 9.80 Å². The van der Waals surface area contributed by atoms with Gasteiger partial charge in [-0.05, 0) is 37.5 Å². The molecule has 1 atom stereocenters. The number of amides is 1. The van der Waals surface area contributed by atoms with Gasteiger partial charge in [0.1, 0.15) is 12.3 Å². The van der Waals surface area contributed by atoms with Crippen LogP contribution in [0.3, 0.4) is 0 Å². The first-order chi connectivity index (χ1) is 12.0. The van der Waals surface area contributed by atoms with Crippen molar-refractivity contribution >= 4 is 11.9 Å². The van der Waals surface area contributed by atoms with Gasteiger partial charge in [0.05, 0.1) is 5.69 Å². The number of hydrogen-bond acceptors (Lipinski definition) is 5. The van der Waals surface area contributed by atoms with Crippen molar-refractivity contribution in [2.75, 3.05) is 19.6 Å². The minimum absolute atomic E-state index is 0.00215. The zero-order valence-electron chi connectivity index (χ0n) is 14.6. The molecule has 4 rings (SSSR count). The number of aliphatic carboxylic acids is 1. The van der Waals surface area contributed by atoms with Crippen LogP contribution in [0, 0.1) is 18.3 Å². The Morgan fingerprint density at radius 3 is 2.64 bits per heavy atom. The molecule has 3 aliphatic rings. The van der Waals surface area contributed by atoms with Gasteiger partial charge < -0.3 is 14.4 Å². The second-order valence-corrected chi connectivity index (χ2v) is 7.92. The molecular formula is C18H25N3O4. The molecule has 3 heterocycles. The van der Waals surface area contributed by atoms with Gasteiger partial charge >= 0.3 is 5.97 Å². The van der Waals surface area contributed by atoms with E-state index in [2.05, 4.69) is 4.98 Å². The largest absolute Gasteiger partial charge is 0.480 e. The van der Waals surface area contributed by atoms with Gasteiger partial charge in [-0.2, -0.15) is 0 Å². The Bertz CT molecular complexity index is 674. The predicted octanol–water partition coefficient (Wildman–Crippen LogP) is 1.66. The summed E-state index contributed by atoms with van der Waals surface area (Å²) in [4.78, 5) is 32.3. The second kappa shape index (κ2) is 6.12. The van der Waals surface area contributed by atoms with Crippen LogP contribution in [0.25, 0.3) is 0 Å². The number of hydrogen-bond donors (Lipinski definition) is 1. The van der Waals surface area contributed by atoms with Gasteiger partial charge in [-0.3, -0.25) is 14.5 Å². The summed E-state index contributed by atoms with van der Waals surface area (Å²) in [6.45, 7) is 4.57. The molecule has 1 aromatic rings. The third-order valence-electron chi connectivity index (χ3n) is 5.98. The SMILES string of the molecule is Cc1nc(CN2CC3(CCN(C(=O)C4CC4)CC3)C[C@@H]2C(=O)O)co1. The van der Waals surface area contributed by atoms with Crippen molar-refractivity contribution in [1.29, 1.82) is 0 Å². The number of aromatic nitrogens is 1. The summed E-state index contributed by atoms with van der Waals surface area (Å²) >= 11 is 0. The van der Waals surface area contributed by atoms with Crippen molar-refractivity contribution in [3.8, 4) is 0 Å². The van der Waals surface area contributed by atoms with Gasteiger partial charge in [0.25, 0.3) is 0 Å². The van der Waals surface area contributed by atoms with Crippen molar-refractivity contribution in [2.45, 2.75) is 51.6 Å². The van der Waals surface area contributed by atoms with Crippen LogP contribution in [0.4, 0.5) is 0 Å². The van der Waals surface area contributed by atoms with E-state index in [0.29, 0.717) is 24.8 Å². The molecule has 0 radical (unpaired) electrons. The Morgan fingerprint density at radius 2 is 2.08 bits per heavy atom. The first-order valence-electron chi connectivity index (χ1n) is 9.12. The summed E-state index contributed by atoms with van der Waals surface area (Å²) < 4.78 is 5.25. The van der Waals surface area contributed by atoms with Gasteiger partial charge in [-0.1, -0.05) is 0 Å². The van der Waals surface area contributed by atoms with Crippen molar-refractivity contribution in [3.05, 3.63) is 17.8 Å². The van der Waals surface area contributed by atoms with E-state index in [-0.39, 0.29) is 11.3 Å². The highest BCUT2D eigenvalue weighted by Gasteiger charge is 2.49. The Hall–Kier alpha value is -1.89. The molecular weight excluding hydrogens is 322 g/mol. The van der Waals surface area contributed by atoms with Crippen LogP contribution >= 0.6 is 0 Å². The first-order valence-corrected chi connectivity index (χ1v) is 9.12. The van der Waals surface area contributed by atoms with E-state index in [1.165, 1.54) is 0 Å². The molecule has 2 saturated heterocycles.